The van der Waals surface area contributed by atoms with Crippen LogP contribution in [0.25, 0.3) is 74.4 Å². The van der Waals surface area contributed by atoms with Crippen LogP contribution < -0.4 is 4.90 Å². The van der Waals surface area contributed by atoms with Gasteiger partial charge in [-0.3, -0.25) is 0 Å². The van der Waals surface area contributed by atoms with E-state index in [-0.39, 0.29) is 0 Å². The van der Waals surface area contributed by atoms with E-state index in [1.165, 1.54) is 52.5 Å². The second kappa shape index (κ2) is 9.43. The Morgan fingerprint density at radius 2 is 1.13 bits per heavy atom. The molecule has 10 rings (SSSR count). The lowest BCUT2D eigenvalue weighted by molar-refractivity contribution is 0.669. The molecule has 0 spiro atoms. The summed E-state index contributed by atoms with van der Waals surface area (Å²) in [7, 11) is 0. The molecule has 0 fully saturated rings. The first-order valence-electron chi connectivity index (χ1n) is 15.3. The lowest BCUT2D eigenvalue weighted by Gasteiger charge is -2.26. The van der Waals surface area contributed by atoms with E-state index in [9.17, 15) is 0 Å². The third kappa shape index (κ3) is 3.68. The molecule has 0 N–H and O–H groups in total. The van der Waals surface area contributed by atoms with Gasteiger partial charge in [0.25, 0.3) is 0 Å². The maximum Gasteiger partial charge on any atom is 0.137 e. The van der Waals surface area contributed by atoms with Crippen molar-refractivity contribution < 1.29 is 4.42 Å². The predicted octanol–water partition coefficient (Wildman–Crippen LogP) is 12.9. The number of furan rings is 1. The van der Waals surface area contributed by atoms with Gasteiger partial charge in [-0.25, -0.2) is 0 Å². The fourth-order valence-corrected chi connectivity index (χ4v) is 8.32. The van der Waals surface area contributed by atoms with E-state index < -0.39 is 0 Å². The summed E-state index contributed by atoms with van der Waals surface area (Å²) in [6.45, 7) is 0. The van der Waals surface area contributed by atoms with Gasteiger partial charge in [0.2, 0.25) is 0 Å². The van der Waals surface area contributed by atoms with Gasteiger partial charge in [-0.2, -0.15) is 0 Å². The van der Waals surface area contributed by atoms with Gasteiger partial charge in [0.15, 0.2) is 0 Å². The number of anilines is 3. The molecule has 0 aliphatic carbocycles. The van der Waals surface area contributed by atoms with Gasteiger partial charge >= 0.3 is 0 Å². The molecule has 45 heavy (non-hydrogen) atoms. The highest BCUT2D eigenvalue weighted by Crippen LogP contribution is 2.45. The third-order valence-corrected chi connectivity index (χ3v) is 10.3. The average molecular weight is 592 g/mol. The van der Waals surface area contributed by atoms with Crippen LogP contribution in [0.15, 0.2) is 156 Å². The molecule has 2 aromatic heterocycles. The largest absolute Gasteiger partial charge is 0.456 e. The quantitative estimate of drug-likeness (QED) is 0.190. The second-order valence-corrected chi connectivity index (χ2v) is 12.8. The minimum atomic E-state index is 0.889. The van der Waals surface area contributed by atoms with Gasteiger partial charge in [0.1, 0.15) is 11.2 Å². The highest BCUT2D eigenvalue weighted by atomic mass is 32.1. The molecule has 2 heterocycles. The minimum absolute atomic E-state index is 0.889. The Labute approximate surface area is 263 Å². The molecular formula is C42H25NOS. The molecule has 0 aliphatic heterocycles. The minimum Gasteiger partial charge on any atom is -0.456 e. The number of rotatable bonds is 3. The average Bonchev–Trinajstić information content (AvgIpc) is 3.66. The molecule has 2 nitrogen and oxygen atoms in total. The molecular weight excluding hydrogens is 567 g/mol. The zero-order valence-corrected chi connectivity index (χ0v) is 25.0. The summed E-state index contributed by atoms with van der Waals surface area (Å²) in [6, 6.07) is 54.8. The number of hydrogen-bond donors (Lipinski definition) is 0. The van der Waals surface area contributed by atoms with E-state index in [1.807, 2.05) is 23.5 Å². The van der Waals surface area contributed by atoms with Crippen LogP contribution in [-0.4, -0.2) is 0 Å². The Bertz CT molecular complexity index is 2770. The molecule has 0 radical (unpaired) electrons. The van der Waals surface area contributed by atoms with Crippen molar-refractivity contribution in [1.29, 1.82) is 0 Å². The Hall–Kier alpha value is -5.64. The first-order chi connectivity index (χ1) is 22.3. The van der Waals surface area contributed by atoms with Crippen molar-refractivity contribution in [2.45, 2.75) is 0 Å². The Morgan fingerprint density at radius 1 is 0.400 bits per heavy atom. The molecule has 0 saturated heterocycles. The fourth-order valence-electron chi connectivity index (χ4n) is 7.18. The third-order valence-electron chi connectivity index (χ3n) is 9.19. The van der Waals surface area contributed by atoms with Crippen LogP contribution in [-0.2, 0) is 0 Å². The molecule has 0 amide bonds. The Balaban J connectivity index is 1.24. The van der Waals surface area contributed by atoms with Crippen LogP contribution in [0.3, 0.4) is 0 Å². The van der Waals surface area contributed by atoms with Gasteiger partial charge in [0.05, 0.1) is 11.1 Å². The SMILES string of the molecule is c1ccc(N(c2ccc3c(ccc4ccc5cc6sc7ccccc7c6cc5c43)c2)c2cccc3oc4ccccc4c23)cc1. The Kier molecular flexibility index (Phi) is 5.19. The predicted molar refractivity (Wildman–Crippen MR) is 194 cm³/mol. The second-order valence-electron chi connectivity index (χ2n) is 11.7. The van der Waals surface area contributed by atoms with Crippen LogP contribution in [0, 0.1) is 0 Å². The first-order valence-corrected chi connectivity index (χ1v) is 16.1. The van der Waals surface area contributed by atoms with E-state index in [0.29, 0.717) is 0 Å². The van der Waals surface area contributed by atoms with E-state index >= 15 is 0 Å². The zero-order valence-electron chi connectivity index (χ0n) is 24.2. The zero-order chi connectivity index (χ0) is 29.5. The van der Waals surface area contributed by atoms with Crippen molar-refractivity contribution >= 4 is 103 Å². The van der Waals surface area contributed by atoms with Crippen LogP contribution in [0.2, 0.25) is 0 Å². The van der Waals surface area contributed by atoms with Gasteiger partial charge < -0.3 is 9.32 Å². The summed E-state index contributed by atoms with van der Waals surface area (Å²) in [5.41, 5.74) is 5.10. The van der Waals surface area contributed by atoms with Crippen LogP contribution >= 0.6 is 11.3 Å². The topological polar surface area (TPSA) is 16.4 Å². The first kappa shape index (κ1) is 24.8. The van der Waals surface area contributed by atoms with Crippen molar-refractivity contribution in [3.8, 4) is 0 Å². The molecule has 0 atom stereocenters. The number of para-hydroxylation sites is 2. The van der Waals surface area contributed by atoms with Crippen molar-refractivity contribution in [2.75, 3.05) is 4.90 Å². The maximum absolute atomic E-state index is 6.30. The molecule has 0 aliphatic rings. The maximum atomic E-state index is 6.30. The van der Waals surface area contributed by atoms with Crippen LogP contribution in [0.4, 0.5) is 17.1 Å². The molecule has 0 unspecified atom stereocenters. The molecule has 3 heteroatoms. The van der Waals surface area contributed by atoms with E-state index in [1.54, 1.807) is 0 Å². The number of nitrogens with zero attached hydrogens (tertiary/aromatic N) is 1. The van der Waals surface area contributed by atoms with E-state index in [4.69, 9.17) is 4.42 Å². The Morgan fingerprint density at radius 3 is 2.02 bits per heavy atom. The van der Waals surface area contributed by atoms with Crippen LogP contribution in [0.1, 0.15) is 0 Å². The molecule has 210 valence electrons. The lowest BCUT2D eigenvalue weighted by Crippen LogP contribution is -2.10. The fraction of sp³-hybridized carbons (Fsp3) is 0. The highest BCUT2D eigenvalue weighted by Gasteiger charge is 2.20. The summed E-state index contributed by atoms with van der Waals surface area (Å²) < 4.78 is 8.97. The summed E-state index contributed by atoms with van der Waals surface area (Å²) in [5, 5.41) is 12.5. The summed E-state index contributed by atoms with van der Waals surface area (Å²) in [5.74, 6) is 0. The van der Waals surface area contributed by atoms with Gasteiger partial charge in [-0.15, -0.1) is 11.3 Å². The highest BCUT2D eigenvalue weighted by molar-refractivity contribution is 7.25. The summed E-state index contributed by atoms with van der Waals surface area (Å²) in [6.07, 6.45) is 0. The van der Waals surface area contributed by atoms with Crippen molar-refractivity contribution in [2.24, 2.45) is 0 Å². The summed E-state index contributed by atoms with van der Waals surface area (Å²) >= 11 is 1.88. The van der Waals surface area contributed by atoms with Crippen molar-refractivity contribution in [1.82, 2.24) is 0 Å². The van der Waals surface area contributed by atoms with Crippen LogP contribution in [0.5, 0.6) is 0 Å². The molecule has 8 aromatic carbocycles. The van der Waals surface area contributed by atoms with E-state index in [0.717, 1.165) is 39.0 Å². The van der Waals surface area contributed by atoms with Crippen molar-refractivity contribution in [3.05, 3.63) is 152 Å². The lowest BCUT2D eigenvalue weighted by atomic mass is 9.95. The molecule has 0 saturated carbocycles. The normalized spacial score (nSPS) is 12.0. The number of benzene rings is 8. The van der Waals surface area contributed by atoms with Crippen molar-refractivity contribution in [3.63, 3.8) is 0 Å². The smallest absolute Gasteiger partial charge is 0.137 e. The molecule has 0 bridgehead atoms. The number of fused-ring (bicyclic) bond motifs is 11. The molecule has 10 aromatic rings. The van der Waals surface area contributed by atoms with E-state index in [2.05, 4.69) is 144 Å². The van der Waals surface area contributed by atoms with Gasteiger partial charge in [0, 0.05) is 36.9 Å². The monoisotopic (exact) mass is 591 g/mol. The standard InChI is InChI=1S/C42H25NOS/c1-2-9-29(10-3-1)43(36-13-8-15-38-42(36)33-12-4-6-14-37(33)44-38)30-21-22-31-27(23-30)19-17-26-18-20-28-24-40-35(25-34(28)41(26)31)32-11-5-7-16-39(32)45-40/h1-25H. The van der Waals surface area contributed by atoms with Gasteiger partial charge in [-0.05, 0) is 93.0 Å². The number of thiophene rings is 1. The number of hydrogen-bond acceptors (Lipinski definition) is 3. The van der Waals surface area contributed by atoms with Gasteiger partial charge in [-0.1, -0.05) is 91.0 Å². The summed E-state index contributed by atoms with van der Waals surface area (Å²) in [4.78, 5) is 2.36.